The molecule has 2 nitrogen and oxygen atoms in total. The summed E-state index contributed by atoms with van der Waals surface area (Å²) in [5.41, 5.74) is 25.7. The molecule has 2 aromatic rings. The van der Waals surface area contributed by atoms with Gasteiger partial charge < -0.3 is 19.4 Å². The average molecular weight is 846 g/mol. The molecular formula is C52H86N2Pd. The summed E-state index contributed by atoms with van der Waals surface area (Å²) in [4.78, 5) is 0. The molecule has 3 rings (SSSR count). The Morgan fingerprint density at radius 1 is 0.364 bits per heavy atom. The van der Waals surface area contributed by atoms with E-state index < -0.39 is 0 Å². The Morgan fingerprint density at radius 2 is 0.618 bits per heavy atom. The van der Waals surface area contributed by atoms with Crippen LogP contribution in [-0.2, 0) is 46.1 Å². The molecule has 0 radical (unpaired) electrons. The first-order valence-corrected chi connectivity index (χ1v) is 23.1. The molecule has 0 bridgehead atoms. The van der Waals surface area contributed by atoms with Crippen molar-refractivity contribution in [1.82, 2.24) is 0 Å². The second-order valence-electron chi connectivity index (χ2n) is 15.5. The summed E-state index contributed by atoms with van der Waals surface area (Å²) in [5.74, 6) is 0. The van der Waals surface area contributed by atoms with E-state index in [4.69, 9.17) is 0 Å². The van der Waals surface area contributed by atoms with Gasteiger partial charge in [-0.2, -0.15) is 13.8 Å². The SMILES string of the molecule is CCCCCCCCc1cc(CCCCCCCC)cc(C2=C(CCCC)C(CCCC)=C(c3cc(CCCC)cc(CCCC)c3)[N+]2=[N-])c1.[CH2-]C.[CH2-]C.[Pd+2]. The Morgan fingerprint density at radius 3 is 0.927 bits per heavy atom. The summed E-state index contributed by atoms with van der Waals surface area (Å²) in [5, 5.41) is 0. The fourth-order valence-electron chi connectivity index (χ4n) is 7.85. The molecule has 1 heterocycles. The summed E-state index contributed by atoms with van der Waals surface area (Å²) < 4.78 is 1.66. The molecule has 2 aromatic carbocycles. The maximum atomic E-state index is 12.5. The minimum Gasteiger partial charge on any atom is -0.493 e. The van der Waals surface area contributed by atoms with Crippen LogP contribution in [0.25, 0.3) is 16.9 Å². The molecule has 0 unspecified atom stereocenters. The van der Waals surface area contributed by atoms with Crippen molar-refractivity contribution in [3.8, 4) is 0 Å². The van der Waals surface area contributed by atoms with Crippen LogP contribution in [0.2, 0.25) is 0 Å². The molecule has 0 saturated heterocycles. The standard InChI is InChI=1S/C48H76N2.2C2H5.Pd/c1-7-13-19-21-23-25-29-41-34-42(30-26-24-22-20-14-8-2)38-44(37-41)48-46(32-18-12-6)45(31-17-11-5)47(50(48)49)43-35-39(27-15-9-3)33-40(36-43)28-16-10-4;2*1-2;/h33-38H,7-32H2,1-6H3;2*1H2,2H3;/q;2*-1;+2. The molecule has 55 heavy (non-hydrogen) atoms. The van der Waals surface area contributed by atoms with Gasteiger partial charge in [0.05, 0.1) is 0 Å². The van der Waals surface area contributed by atoms with Gasteiger partial charge in [0.15, 0.2) is 0 Å². The Bertz CT molecular complexity index is 1290. The van der Waals surface area contributed by atoms with Crippen LogP contribution in [0.3, 0.4) is 0 Å². The van der Waals surface area contributed by atoms with E-state index in [-0.39, 0.29) is 20.4 Å². The second kappa shape index (κ2) is 34.2. The van der Waals surface area contributed by atoms with Crippen LogP contribution in [0.4, 0.5) is 0 Å². The third kappa shape index (κ3) is 19.5. The Balaban J connectivity index is 0.00000564. The first-order valence-electron chi connectivity index (χ1n) is 23.1. The van der Waals surface area contributed by atoms with Gasteiger partial charge in [0.1, 0.15) is 0 Å². The first-order chi connectivity index (χ1) is 26.5. The maximum Gasteiger partial charge on any atom is 2.00 e. The van der Waals surface area contributed by atoms with Crippen molar-refractivity contribution in [1.29, 1.82) is 0 Å². The van der Waals surface area contributed by atoms with Crippen LogP contribution < -0.4 is 0 Å². The van der Waals surface area contributed by atoms with Crippen LogP contribution in [0, 0.1) is 13.8 Å². The van der Waals surface area contributed by atoms with Gasteiger partial charge in [0, 0.05) is 22.3 Å². The molecule has 1 aliphatic rings. The van der Waals surface area contributed by atoms with Gasteiger partial charge in [-0.3, -0.25) is 0 Å². The van der Waals surface area contributed by atoms with Crippen molar-refractivity contribution in [2.24, 2.45) is 0 Å². The van der Waals surface area contributed by atoms with Gasteiger partial charge in [-0.15, -0.1) is 0 Å². The van der Waals surface area contributed by atoms with Crippen LogP contribution in [0.1, 0.15) is 230 Å². The number of hydrogen-bond donors (Lipinski definition) is 0. The maximum absolute atomic E-state index is 12.5. The van der Waals surface area contributed by atoms with Crippen molar-refractivity contribution in [3.63, 3.8) is 0 Å². The topological polar surface area (TPSA) is 25.3 Å². The van der Waals surface area contributed by atoms with E-state index in [9.17, 15) is 5.53 Å². The molecule has 1 aliphatic heterocycles. The van der Waals surface area contributed by atoms with Crippen LogP contribution >= 0.6 is 0 Å². The van der Waals surface area contributed by atoms with Gasteiger partial charge in [0.2, 0.25) is 11.4 Å². The Kier molecular flexibility index (Phi) is 33.1. The molecule has 0 saturated carbocycles. The molecule has 0 amide bonds. The minimum atomic E-state index is 0. The monoisotopic (exact) mass is 845 g/mol. The number of aryl methyl sites for hydroxylation is 4. The van der Waals surface area contributed by atoms with Gasteiger partial charge in [-0.1, -0.05) is 144 Å². The summed E-state index contributed by atoms with van der Waals surface area (Å²) in [6.07, 6.45) is 31.9. The molecule has 3 heteroatoms. The zero-order valence-corrected chi connectivity index (χ0v) is 39.0. The van der Waals surface area contributed by atoms with Crippen molar-refractivity contribution in [2.45, 2.75) is 222 Å². The molecule has 0 aliphatic carbocycles. The van der Waals surface area contributed by atoms with Crippen molar-refractivity contribution >= 4 is 11.4 Å². The van der Waals surface area contributed by atoms with Gasteiger partial charge >= 0.3 is 20.4 Å². The van der Waals surface area contributed by atoms with Crippen molar-refractivity contribution in [2.75, 3.05) is 0 Å². The first kappa shape index (κ1) is 53.2. The summed E-state index contributed by atoms with van der Waals surface area (Å²) in [6, 6.07) is 14.7. The van der Waals surface area contributed by atoms with Crippen LogP contribution in [-0.4, -0.2) is 4.70 Å². The van der Waals surface area contributed by atoms with E-state index in [0.29, 0.717) is 0 Å². The molecule has 314 valence electrons. The molecule has 0 N–H and O–H groups in total. The smallest absolute Gasteiger partial charge is 0.493 e. The van der Waals surface area contributed by atoms with E-state index in [1.165, 1.54) is 147 Å². The predicted octanol–water partition coefficient (Wildman–Crippen LogP) is 17.4. The summed E-state index contributed by atoms with van der Waals surface area (Å²) in [7, 11) is 0. The zero-order chi connectivity index (χ0) is 40.0. The third-order valence-electron chi connectivity index (χ3n) is 10.8. The fourth-order valence-corrected chi connectivity index (χ4v) is 7.85. The average Bonchev–Trinajstić information content (AvgIpc) is 3.48. The fraction of sp³-hybridized carbons (Fsp3) is 0.654. The summed E-state index contributed by atoms with van der Waals surface area (Å²) in [6.45, 7) is 23.8. The zero-order valence-electron chi connectivity index (χ0n) is 37.5. The Hall–Kier alpha value is -1.82. The number of allylic oxidation sites excluding steroid dienone is 2. The van der Waals surface area contributed by atoms with Crippen molar-refractivity contribution in [3.05, 3.63) is 100 Å². The van der Waals surface area contributed by atoms with Crippen molar-refractivity contribution < 1.29 is 25.1 Å². The van der Waals surface area contributed by atoms with Crippen LogP contribution in [0.5, 0.6) is 0 Å². The third-order valence-corrected chi connectivity index (χ3v) is 10.8. The molecule has 0 aromatic heterocycles. The normalized spacial score (nSPS) is 12.4. The number of unbranched alkanes of at least 4 members (excludes halogenated alkanes) is 14. The van der Waals surface area contributed by atoms with E-state index in [2.05, 4.69) is 91.8 Å². The molecular weight excluding hydrogens is 759 g/mol. The second-order valence-corrected chi connectivity index (χ2v) is 15.5. The molecule has 0 fully saturated rings. The van der Waals surface area contributed by atoms with E-state index >= 15 is 0 Å². The van der Waals surface area contributed by atoms with Gasteiger partial charge in [0.25, 0.3) is 0 Å². The molecule has 0 spiro atoms. The largest absolute Gasteiger partial charge is 2.00 e. The van der Waals surface area contributed by atoms with Gasteiger partial charge in [-0.05, 0) is 124 Å². The van der Waals surface area contributed by atoms with Gasteiger partial charge in [-0.25, -0.2) is 4.70 Å². The number of nitrogens with zero attached hydrogens (tertiary/aromatic N) is 2. The van der Waals surface area contributed by atoms with E-state index in [0.717, 1.165) is 75.6 Å². The number of benzene rings is 2. The predicted molar refractivity (Wildman–Crippen MR) is 243 cm³/mol. The number of hydrogen-bond acceptors (Lipinski definition) is 0. The number of rotatable bonds is 28. The quantitative estimate of drug-likeness (QED) is 0.0353. The van der Waals surface area contributed by atoms with E-state index in [1.54, 1.807) is 18.5 Å². The van der Waals surface area contributed by atoms with Crippen LogP contribution in [0.15, 0.2) is 47.5 Å². The van der Waals surface area contributed by atoms with E-state index in [1.807, 2.05) is 0 Å². The minimum absolute atomic E-state index is 0. The molecule has 0 atom stereocenters. The summed E-state index contributed by atoms with van der Waals surface area (Å²) >= 11 is 0. The Labute approximate surface area is 357 Å².